The van der Waals surface area contributed by atoms with E-state index >= 15 is 0 Å². The van der Waals surface area contributed by atoms with Gasteiger partial charge in [-0.15, -0.1) is 0 Å². The molecule has 1 aromatic heterocycles. The van der Waals surface area contributed by atoms with Crippen molar-refractivity contribution >= 4 is 11.9 Å². The Morgan fingerprint density at radius 2 is 1.83 bits per heavy atom. The summed E-state index contributed by atoms with van der Waals surface area (Å²) in [7, 11) is 1.61. The fraction of sp³-hybridized carbons (Fsp3) is 0.476. The highest BCUT2D eigenvalue weighted by Crippen LogP contribution is 2.23. The predicted octanol–water partition coefficient (Wildman–Crippen LogP) is 2.25. The Morgan fingerprint density at radius 1 is 1.14 bits per heavy atom. The Balaban J connectivity index is 1.59. The quantitative estimate of drug-likeness (QED) is 0.778. The molecule has 1 aromatic carbocycles. The number of oxazole rings is 1. The third-order valence-corrected chi connectivity index (χ3v) is 5.07. The lowest BCUT2D eigenvalue weighted by atomic mass is 10.1. The molecule has 3 amide bonds. The van der Waals surface area contributed by atoms with E-state index in [0.717, 1.165) is 36.5 Å². The van der Waals surface area contributed by atoms with Crippen LogP contribution in [0.5, 0.6) is 0 Å². The van der Waals surface area contributed by atoms with Gasteiger partial charge in [-0.3, -0.25) is 9.69 Å². The van der Waals surface area contributed by atoms with Crippen LogP contribution in [0.1, 0.15) is 35.2 Å². The first-order valence-corrected chi connectivity index (χ1v) is 10.1. The molecule has 2 N–H and O–H groups in total. The average molecular weight is 399 g/mol. The molecule has 2 aromatic rings. The minimum absolute atomic E-state index is 0.0200. The van der Waals surface area contributed by atoms with Crippen molar-refractivity contribution in [3.63, 3.8) is 0 Å². The Hall–Kier alpha value is -2.87. The molecule has 1 fully saturated rings. The number of carbonyl (C=O) groups is 2. The number of hydrogen-bond acceptors (Lipinski definition) is 5. The van der Waals surface area contributed by atoms with Gasteiger partial charge in [0.15, 0.2) is 0 Å². The number of benzene rings is 1. The third-order valence-electron chi connectivity index (χ3n) is 5.07. The number of amides is 3. The van der Waals surface area contributed by atoms with Gasteiger partial charge >= 0.3 is 6.03 Å². The summed E-state index contributed by atoms with van der Waals surface area (Å²) in [4.78, 5) is 32.5. The van der Waals surface area contributed by atoms with Crippen molar-refractivity contribution in [2.75, 3.05) is 39.8 Å². The zero-order valence-corrected chi connectivity index (χ0v) is 17.3. The zero-order chi connectivity index (χ0) is 20.8. The predicted molar refractivity (Wildman–Crippen MR) is 111 cm³/mol. The normalized spacial score (nSPS) is 14.7. The van der Waals surface area contributed by atoms with Crippen LogP contribution < -0.4 is 10.6 Å². The average Bonchev–Trinajstić information content (AvgIpc) is 3.12. The number of rotatable bonds is 6. The molecule has 3 rings (SSSR count). The Labute approximate surface area is 171 Å². The summed E-state index contributed by atoms with van der Waals surface area (Å²) >= 11 is 0. The van der Waals surface area contributed by atoms with Gasteiger partial charge in [-0.05, 0) is 37.6 Å². The van der Waals surface area contributed by atoms with Crippen molar-refractivity contribution < 1.29 is 14.0 Å². The molecule has 0 saturated carbocycles. The highest BCUT2D eigenvalue weighted by molar-refractivity contribution is 5.94. The maximum Gasteiger partial charge on any atom is 0.317 e. The minimum atomic E-state index is -0.122. The molecule has 1 aliphatic rings. The van der Waals surface area contributed by atoms with Gasteiger partial charge in [0.1, 0.15) is 5.76 Å². The molecule has 1 saturated heterocycles. The molecule has 2 heterocycles. The fourth-order valence-electron chi connectivity index (χ4n) is 3.27. The lowest BCUT2D eigenvalue weighted by Crippen LogP contribution is -2.51. The summed E-state index contributed by atoms with van der Waals surface area (Å²) in [5, 5.41) is 5.54. The summed E-state index contributed by atoms with van der Waals surface area (Å²) in [6.45, 7) is 8.40. The van der Waals surface area contributed by atoms with E-state index in [1.807, 2.05) is 30.9 Å². The van der Waals surface area contributed by atoms with Gasteiger partial charge in [-0.1, -0.05) is 6.92 Å². The lowest BCUT2D eigenvalue weighted by molar-refractivity contribution is 0.0963. The number of aromatic nitrogens is 1. The highest BCUT2D eigenvalue weighted by atomic mass is 16.4. The van der Waals surface area contributed by atoms with Gasteiger partial charge in [0.05, 0.1) is 5.69 Å². The van der Waals surface area contributed by atoms with E-state index in [1.54, 1.807) is 19.2 Å². The summed E-state index contributed by atoms with van der Waals surface area (Å²) in [6.07, 6.45) is 0.938. The minimum Gasteiger partial charge on any atom is -0.441 e. The van der Waals surface area contributed by atoms with Gasteiger partial charge in [0.25, 0.3) is 5.91 Å². The van der Waals surface area contributed by atoms with Crippen molar-refractivity contribution in [3.05, 3.63) is 41.3 Å². The molecule has 0 spiro atoms. The highest BCUT2D eigenvalue weighted by Gasteiger charge is 2.22. The standard InChI is InChI=1S/C21H29N5O3/c1-4-9-23-21(28)26-12-10-25(11-13-26)14-18-15(2)29-20(24-18)17-7-5-16(6-8-17)19(27)22-3/h5-8H,4,9-14H2,1-3H3,(H,22,27)(H,23,28). The summed E-state index contributed by atoms with van der Waals surface area (Å²) in [5.74, 6) is 1.22. The number of hydrogen-bond donors (Lipinski definition) is 2. The number of nitrogens with one attached hydrogen (secondary N) is 2. The topological polar surface area (TPSA) is 90.7 Å². The van der Waals surface area contributed by atoms with E-state index < -0.39 is 0 Å². The summed E-state index contributed by atoms with van der Waals surface area (Å²) < 4.78 is 5.86. The monoisotopic (exact) mass is 399 g/mol. The number of carbonyl (C=O) groups excluding carboxylic acids is 2. The second-order valence-electron chi connectivity index (χ2n) is 7.17. The zero-order valence-electron chi connectivity index (χ0n) is 17.3. The van der Waals surface area contributed by atoms with Crippen LogP contribution in [0.2, 0.25) is 0 Å². The summed E-state index contributed by atoms with van der Waals surface area (Å²) in [6, 6.07) is 7.22. The van der Waals surface area contributed by atoms with Crippen molar-refractivity contribution in [1.29, 1.82) is 0 Å². The van der Waals surface area contributed by atoms with Crippen LogP contribution in [0, 0.1) is 6.92 Å². The molecule has 8 heteroatoms. The van der Waals surface area contributed by atoms with Gasteiger partial charge in [0.2, 0.25) is 5.89 Å². The molecule has 0 radical (unpaired) electrons. The van der Waals surface area contributed by atoms with Crippen LogP contribution in [0.25, 0.3) is 11.5 Å². The molecule has 0 aliphatic carbocycles. The van der Waals surface area contributed by atoms with Crippen molar-refractivity contribution in [2.24, 2.45) is 0 Å². The second kappa shape index (κ2) is 9.56. The smallest absolute Gasteiger partial charge is 0.317 e. The van der Waals surface area contributed by atoms with E-state index in [4.69, 9.17) is 4.42 Å². The van der Waals surface area contributed by atoms with Crippen molar-refractivity contribution in [3.8, 4) is 11.5 Å². The molecule has 1 aliphatic heterocycles. The maximum absolute atomic E-state index is 12.1. The largest absolute Gasteiger partial charge is 0.441 e. The Kier molecular flexibility index (Phi) is 6.87. The van der Waals surface area contributed by atoms with Crippen LogP contribution in [0.15, 0.2) is 28.7 Å². The van der Waals surface area contributed by atoms with Crippen LogP contribution >= 0.6 is 0 Å². The molecule has 0 atom stereocenters. The number of nitrogens with zero attached hydrogens (tertiary/aromatic N) is 3. The lowest BCUT2D eigenvalue weighted by Gasteiger charge is -2.34. The molecule has 29 heavy (non-hydrogen) atoms. The van der Waals surface area contributed by atoms with Crippen LogP contribution in [-0.2, 0) is 6.54 Å². The fourth-order valence-corrected chi connectivity index (χ4v) is 3.27. The SMILES string of the molecule is CCCNC(=O)N1CCN(Cc2nc(-c3ccc(C(=O)NC)cc3)oc2C)CC1. The Bertz CT molecular complexity index is 839. The van der Waals surface area contributed by atoms with E-state index in [2.05, 4.69) is 20.5 Å². The van der Waals surface area contributed by atoms with Crippen LogP contribution in [0.3, 0.4) is 0 Å². The van der Waals surface area contributed by atoms with E-state index in [1.165, 1.54) is 0 Å². The molecule has 0 bridgehead atoms. The second-order valence-corrected chi connectivity index (χ2v) is 7.17. The number of piperazine rings is 1. The molecule has 0 unspecified atom stereocenters. The van der Waals surface area contributed by atoms with E-state index in [9.17, 15) is 9.59 Å². The number of aryl methyl sites for hydroxylation is 1. The first-order valence-electron chi connectivity index (χ1n) is 10.1. The van der Waals surface area contributed by atoms with Gasteiger partial charge in [-0.2, -0.15) is 0 Å². The molecule has 156 valence electrons. The van der Waals surface area contributed by atoms with E-state index in [-0.39, 0.29) is 11.9 Å². The van der Waals surface area contributed by atoms with Crippen LogP contribution in [0.4, 0.5) is 4.79 Å². The maximum atomic E-state index is 12.1. The first-order chi connectivity index (χ1) is 14.0. The van der Waals surface area contributed by atoms with Gasteiger partial charge < -0.3 is 20.0 Å². The van der Waals surface area contributed by atoms with Crippen molar-refractivity contribution in [1.82, 2.24) is 25.4 Å². The molecular formula is C21H29N5O3. The number of urea groups is 1. The summed E-state index contributed by atoms with van der Waals surface area (Å²) in [5.41, 5.74) is 2.34. The Morgan fingerprint density at radius 3 is 2.45 bits per heavy atom. The van der Waals surface area contributed by atoms with Gasteiger partial charge in [-0.25, -0.2) is 9.78 Å². The van der Waals surface area contributed by atoms with E-state index in [0.29, 0.717) is 37.6 Å². The van der Waals surface area contributed by atoms with Crippen molar-refractivity contribution in [2.45, 2.75) is 26.8 Å². The van der Waals surface area contributed by atoms with Crippen LogP contribution in [-0.4, -0.2) is 66.5 Å². The molecule has 8 nitrogen and oxygen atoms in total. The molecular weight excluding hydrogens is 370 g/mol. The third kappa shape index (κ3) is 5.14. The van der Waals surface area contributed by atoms with Gasteiger partial charge in [0, 0.05) is 57.4 Å². The first kappa shape index (κ1) is 20.9.